The van der Waals surface area contributed by atoms with E-state index in [9.17, 15) is 0 Å². The van der Waals surface area contributed by atoms with Crippen LogP contribution < -0.4 is 11.5 Å². The van der Waals surface area contributed by atoms with Crippen LogP contribution in [-0.4, -0.2) is 47.5 Å². The van der Waals surface area contributed by atoms with Gasteiger partial charge in [0, 0.05) is 55.1 Å². The molecule has 23 heavy (non-hydrogen) atoms. The largest absolute Gasteiger partial charge is 0.404 e. The van der Waals surface area contributed by atoms with Crippen LogP contribution in [0.4, 0.5) is 5.69 Å². The van der Waals surface area contributed by atoms with Crippen LogP contribution in [0.2, 0.25) is 0 Å². The van der Waals surface area contributed by atoms with Gasteiger partial charge in [-0.2, -0.15) is 0 Å². The summed E-state index contributed by atoms with van der Waals surface area (Å²) in [4.78, 5) is 11.3. The molecule has 0 saturated carbocycles. The summed E-state index contributed by atoms with van der Waals surface area (Å²) in [6.07, 6.45) is 8.28. The van der Waals surface area contributed by atoms with Crippen LogP contribution in [0.5, 0.6) is 0 Å². The molecule has 1 aromatic heterocycles. The molecule has 1 saturated heterocycles. The molecule has 6 nitrogen and oxygen atoms in total. The Balaban J connectivity index is 2.03. The number of anilines is 1. The lowest BCUT2D eigenvalue weighted by atomic mass is 10.0. The molecule has 6 heteroatoms. The Morgan fingerprint density at radius 1 is 1.43 bits per heavy atom. The molecule has 0 aliphatic carbocycles. The molecule has 2 rings (SSSR count). The molecule has 1 fully saturated rings. The smallest absolute Gasteiger partial charge is 0.103 e. The van der Waals surface area contributed by atoms with E-state index in [0.29, 0.717) is 23.5 Å². The highest BCUT2D eigenvalue weighted by Gasteiger charge is 2.19. The molecule has 0 amide bonds. The van der Waals surface area contributed by atoms with Crippen LogP contribution in [0.25, 0.3) is 5.57 Å². The van der Waals surface area contributed by atoms with Crippen molar-refractivity contribution in [1.29, 1.82) is 5.41 Å². The van der Waals surface area contributed by atoms with Gasteiger partial charge in [0.15, 0.2) is 0 Å². The Labute approximate surface area is 137 Å². The third-order valence-corrected chi connectivity index (χ3v) is 4.25. The van der Waals surface area contributed by atoms with Gasteiger partial charge in [0.1, 0.15) is 5.69 Å². The molecule has 0 bridgehead atoms. The number of hydrogen-bond donors (Lipinski definition) is 3. The lowest BCUT2D eigenvalue weighted by Gasteiger charge is -2.33. The van der Waals surface area contributed by atoms with E-state index in [2.05, 4.69) is 28.7 Å². The minimum Gasteiger partial charge on any atom is -0.404 e. The third-order valence-electron chi connectivity index (χ3n) is 4.25. The Kier molecular flexibility index (Phi) is 5.87. The number of nitrogens with two attached hydrogens (primary N) is 2. The molecule has 0 spiro atoms. The number of pyridine rings is 1. The van der Waals surface area contributed by atoms with Gasteiger partial charge >= 0.3 is 0 Å². The van der Waals surface area contributed by atoms with Gasteiger partial charge in [0.25, 0.3) is 0 Å². The SMILES string of the molecule is CC(C)N1CCC(N=CC(=CN)c2cnc(C=N)c(N)c2)CC1. The fourth-order valence-electron chi connectivity index (χ4n) is 2.72. The average Bonchev–Trinajstić information content (AvgIpc) is 2.56. The van der Waals surface area contributed by atoms with E-state index in [1.807, 2.05) is 6.21 Å². The highest BCUT2D eigenvalue weighted by atomic mass is 15.2. The summed E-state index contributed by atoms with van der Waals surface area (Å²) < 4.78 is 0. The Morgan fingerprint density at radius 3 is 2.65 bits per heavy atom. The van der Waals surface area contributed by atoms with Crippen molar-refractivity contribution in [2.24, 2.45) is 10.7 Å². The summed E-state index contributed by atoms with van der Waals surface area (Å²) in [5.41, 5.74) is 14.1. The van der Waals surface area contributed by atoms with Crippen LogP contribution in [-0.2, 0) is 0 Å². The quantitative estimate of drug-likeness (QED) is 0.722. The molecule has 1 aliphatic heterocycles. The summed E-state index contributed by atoms with van der Waals surface area (Å²) in [7, 11) is 0. The van der Waals surface area contributed by atoms with Crippen molar-refractivity contribution >= 4 is 23.7 Å². The molecule has 0 aromatic carbocycles. The number of nitrogens with zero attached hydrogens (tertiary/aromatic N) is 3. The van der Waals surface area contributed by atoms with Gasteiger partial charge in [-0.25, -0.2) is 0 Å². The van der Waals surface area contributed by atoms with Gasteiger partial charge in [0.2, 0.25) is 0 Å². The highest BCUT2D eigenvalue weighted by molar-refractivity contribution is 6.10. The van der Waals surface area contributed by atoms with Crippen molar-refractivity contribution in [2.45, 2.75) is 38.8 Å². The van der Waals surface area contributed by atoms with Gasteiger partial charge < -0.3 is 21.8 Å². The Bertz CT molecular complexity index is 597. The average molecular weight is 314 g/mol. The first kappa shape index (κ1) is 17.1. The molecule has 0 unspecified atom stereocenters. The molecular weight excluding hydrogens is 288 g/mol. The van der Waals surface area contributed by atoms with Gasteiger partial charge in [-0.1, -0.05) is 0 Å². The molecule has 0 radical (unpaired) electrons. The Hall–Kier alpha value is -2.21. The van der Waals surface area contributed by atoms with Gasteiger partial charge in [-0.3, -0.25) is 9.98 Å². The van der Waals surface area contributed by atoms with E-state index in [-0.39, 0.29) is 0 Å². The van der Waals surface area contributed by atoms with Crippen molar-refractivity contribution in [3.63, 3.8) is 0 Å². The molecule has 5 N–H and O–H groups in total. The zero-order valence-corrected chi connectivity index (χ0v) is 13.9. The zero-order valence-electron chi connectivity index (χ0n) is 13.9. The van der Waals surface area contributed by atoms with Gasteiger partial charge in [0.05, 0.1) is 11.7 Å². The number of allylic oxidation sites excluding steroid dienone is 1. The number of piperidine rings is 1. The maximum absolute atomic E-state index is 7.23. The lowest BCUT2D eigenvalue weighted by molar-refractivity contribution is 0.173. The van der Waals surface area contributed by atoms with E-state index in [4.69, 9.17) is 16.9 Å². The number of likely N-dealkylation sites (tertiary alicyclic amines) is 1. The van der Waals surface area contributed by atoms with E-state index in [1.54, 1.807) is 12.3 Å². The predicted octanol–water partition coefficient (Wildman–Crippen LogP) is 1.90. The van der Waals surface area contributed by atoms with Crippen LogP contribution >= 0.6 is 0 Å². The molecule has 1 aromatic rings. The number of rotatable bonds is 5. The first-order valence-corrected chi connectivity index (χ1v) is 8.00. The molecule has 2 heterocycles. The third kappa shape index (κ3) is 4.39. The van der Waals surface area contributed by atoms with Crippen molar-refractivity contribution in [1.82, 2.24) is 9.88 Å². The lowest BCUT2D eigenvalue weighted by Crippen LogP contribution is -2.39. The van der Waals surface area contributed by atoms with Crippen molar-refractivity contribution < 1.29 is 0 Å². The normalized spacial score (nSPS) is 18.0. The maximum Gasteiger partial charge on any atom is 0.103 e. The zero-order chi connectivity index (χ0) is 16.8. The maximum atomic E-state index is 7.23. The number of nitrogens with one attached hydrogen (secondary N) is 1. The van der Waals surface area contributed by atoms with Gasteiger partial charge in [-0.05, 0) is 32.8 Å². The second-order valence-corrected chi connectivity index (χ2v) is 6.10. The summed E-state index contributed by atoms with van der Waals surface area (Å²) in [5, 5.41) is 7.23. The van der Waals surface area contributed by atoms with Crippen LogP contribution in [0, 0.1) is 5.41 Å². The summed E-state index contributed by atoms with van der Waals surface area (Å²) >= 11 is 0. The van der Waals surface area contributed by atoms with Crippen molar-refractivity contribution in [2.75, 3.05) is 18.8 Å². The van der Waals surface area contributed by atoms with E-state index >= 15 is 0 Å². The van der Waals surface area contributed by atoms with E-state index < -0.39 is 0 Å². The number of aliphatic imine (C=N–C) groups is 1. The molecular formula is C17H26N6. The summed E-state index contributed by atoms with van der Waals surface area (Å²) in [6.45, 7) is 6.64. The first-order chi connectivity index (χ1) is 11.0. The standard InChI is InChI=1S/C17H26N6/c1-12(2)23-5-3-15(4-6-23)21-11-14(8-18)13-7-16(20)17(9-19)22-10-13/h7-12,15,19H,3-6,18,20H2,1-2H3. The highest BCUT2D eigenvalue weighted by Crippen LogP contribution is 2.19. The number of nitrogen functional groups attached to an aromatic ring is 1. The molecule has 1 aliphatic rings. The van der Waals surface area contributed by atoms with Crippen LogP contribution in [0.1, 0.15) is 37.9 Å². The van der Waals surface area contributed by atoms with Crippen molar-refractivity contribution in [3.8, 4) is 0 Å². The summed E-state index contributed by atoms with van der Waals surface area (Å²) in [5.74, 6) is 0. The number of hydrogen-bond acceptors (Lipinski definition) is 6. The van der Waals surface area contributed by atoms with E-state index in [1.165, 1.54) is 6.20 Å². The minimum absolute atomic E-state index is 0.339. The van der Waals surface area contributed by atoms with Crippen LogP contribution in [0.15, 0.2) is 23.5 Å². The van der Waals surface area contributed by atoms with E-state index in [0.717, 1.165) is 43.3 Å². The predicted molar refractivity (Wildman–Crippen MR) is 96.9 cm³/mol. The second-order valence-electron chi connectivity index (χ2n) is 6.10. The van der Waals surface area contributed by atoms with Crippen molar-refractivity contribution in [3.05, 3.63) is 29.7 Å². The second kappa shape index (κ2) is 7.87. The monoisotopic (exact) mass is 314 g/mol. The first-order valence-electron chi connectivity index (χ1n) is 8.00. The Morgan fingerprint density at radius 2 is 2.13 bits per heavy atom. The summed E-state index contributed by atoms with van der Waals surface area (Å²) in [6, 6.07) is 2.71. The minimum atomic E-state index is 0.339. The topological polar surface area (TPSA) is 104 Å². The fourth-order valence-corrected chi connectivity index (χ4v) is 2.72. The fraction of sp³-hybridized carbons (Fsp3) is 0.471. The molecule has 124 valence electrons. The van der Waals surface area contributed by atoms with Crippen LogP contribution in [0.3, 0.4) is 0 Å². The number of aromatic nitrogens is 1. The molecule has 0 atom stereocenters. The van der Waals surface area contributed by atoms with Gasteiger partial charge in [-0.15, -0.1) is 0 Å².